The molecule has 3 aromatic rings. The van der Waals surface area contributed by atoms with E-state index in [2.05, 4.69) is 63.9 Å². The monoisotopic (exact) mass is 547 g/mol. The van der Waals surface area contributed by atoms with Crippen molar-refractivity contribution in [1.29, 1.82) is 0 Å². The van der Waals surface area contributed by atoms with E-state index >= 15 is 0 Å². The van der Waals surface area contributed by atoms with Gasteiger partial charge in [-0.15, -0.1) is 11.8 Å². The number of hydrazone groups is 1. The number of rotatable bonds is 6. The van der Waals surface area contributed by atoms with E-state index in [1.54, 1.807) is 30.3 Å². The largest absolute Gasteiger partial charge is 0.476 e. The summed E-state index contributed by atoms with van der Waals surface area (Å²) in [6, 6.07) is 24.2. The van der Waals surface area contributed by atoms with E-state index in [-0.39, 0.29) is 11.3 Å². The number of anilines is 3. The van der Waals surface area contributed by atoms with Crippen molar-refractivity contribution in [3.63, 3.8) is 0 Å². The van der Waals surface area contributed by atoms with Gasteiger partial charge in [0.15, 0.2) is 5.71 Å². The molecule has 1 unspecified atom stereocenters. The average molecular weight is 548 g/mol. The highest BCUT2D eigenvalue weighted by Crippen LogP contribution is 2.40. The smallest absolute Gasteiger partial charge is 0.357 e. The number of carbonyl (C=O) groups excluding carboxylic acids is 1. The first-order valence-electron chi connectivity index (χ1n) is 13.5. The third-order valence-corrected chi connectivity index (χ3v) is 8.51. The molecule has 0 aromatic heterocycles. The summed E-state index contributed by atoms with van der Waals surface area (Å²) >= 11 is 1.88. The number of aryl methyl sites for hydroxylation is 1. The normalized spacial score (nSPS) is 19.8. The Morgan fingerprint density at radius 1 is 1.00 bits per heavy atom. The van der Waals surface area contributed by atoms with Crippen molar-refractivity contribution < 1.29 is 14.7 Å². The van der Waals surface area contributed by atoms with Crippen LogP contribution in [0.2, 0.25) is 0 Å². The van der Waals surface area contributed by atoms with Gasteiger partial charge in [0.1, 0.15) is 0 Å². The van der Waals surface area contributed by atoms with Crippen LogP contribution in [0.5, 0.6) is 0 Å². The summed E-state index contributed by atoms with van der Waals surface area (Å²) in [6.07, 6.45) is 11.7. The minimum Gasteiger partial charge on any atom is -0.476 e. The maximum Gasteiger partial charge on any atom is 0.357 e. The van der Waals surface area contributed by atoms with E-state index in [1.807, 2.05) is 23.9 Å². The van der Waals surface area contributed by atoms with E-state index in [4.69, 9.17) is 0 Å². The number of carbonyl (C=O) groups is 2. The molecule has 0 aliphatic carbocycles. The predicted octanol–water partition coefficient (Wildman–Crippen LogP) is 7.28. The topological polar surface area (TPSA) is 73.2 Å². The Hall–Kier alpha value is -4.36. The van der Waals surface area contributed by atoms with Gasteiger partial charge in [-0.2, -0.15) is 10.1 Å². The van der Waals surface area contributed by atoms with Gasteiger partial charge in [-0.1, -0.05) is 54.6 Å². The summed E-state index contributed by atoms with van der Waals surface area (Å²) in [7, 11) is 0. The van der Waals surface area contributed by atoms with E-state index in [0.29, 0.717) is 10.9 Å². The number of thioether (sulfide) groups is 1. The van der Waals surface area contributed by atoms with Crippen molar-refractivity contribution in [1.82, 2.24) is 0 Å². The van der Waals surface area contributed by atoms with Gasteiger partial charge in [0.2, 0.25) is 0 Å². The molecule has 3 aliphatic heterocycles. The molecule has 3 aromatic carbocycles. The van der Waals surface area contributed by atoms with Crippen LogP contribution in [0.1, 0.15) is 41.2 Å². The molecule has 1 N–H and O–H groups in total. The second-order valence-electron chi connectivity index (χ2n) is 9.97. The van der Waals surface area contributed by atoms with Gasteiger partial charge in [0.25, 0.3) is 5.91 Å². The molecule has 200 valence electrons. The molecule has 6 nitrogen and oxygen atoms in total. The molecule has 1 amide bonds. The number of carboxylic acids is 1. The number of amides is 1. The summed E-state index contributed by atoms with van der Waals surface area (Å²) in [5, 5.41) is 17.6. The summed E-state index contributed by atoms with van der Waals surface area (Å²) in [4.78, 5) is 27.2. The van der Waals surface area contributed by atoms with Gasteiger partial charge in [0, 0.05) is 23.2 Å². The second kappa shape index (κ2) is 11.4. The molecule has 3 aliphatic rings. The van der Waals surface area contributed by atoms with Crippen LogP contribution in [0.4, 0.5) is 17.1 Å². The lowest BCUT2D eigenvalue weighted by molar-refractivity contribution is -0.129. The molecule has 40 heavy (non-hydrogen) atoms. The summed E-state index contributed by atoms with van der Waals surface area (Å²) in [5.41, 5.74) is 6.41. The van der Waals surface area contributed by atoms with Crippen LogP contribution < -0.4 is 9.91 Å². The first-order chi connectivity index (χ1) is 19.6. The number of carboxylic acid groups (broad SMARTS) is 1. The van der Waals surface area contributed by atoms with Crippen LogP contribution in [-0.2, 0) is 16.0 Å². The van der Waals surface area contributed by atoms with Crippen molar-refractivity contribution in [3.05, 3.63) is 119 Å². The van der Waals surface area contributed by atoms with Gasteiger partial charge in [0.05, 0.1) is 11.3 Å². The summed E-state index contributed by atoms with van der Waals surface area (Å²) in [6.45, 7) is 0.977. The Labute approximate surface area is 238 Å². The molecular formula is C33H29N3O3S. The maximum atomic E-state index is 13.0. The third kappa shape index (κ3) is 5.25. The molecule has 0 radical (unpaired) electrons. The average Bonchev–Trinajstić information content (AvgIpc) is 3.57. The maximum absolute atomic E-state index is 13.0. The van der Waals surface area contributed by atoms with Crippen molar-refractivity contribution in [3.8, 4) is 0 Å². The SMILES string of the molecule is O=C(O)C1=NN(c2ccccc2)C(=O)/C1=C\C=C\c1ccc2c(c1)CCCCN2c1ccc(C2CC=CS2)cc1. The number of allylic oxidation sites excluding steroid dienone is 3. The van der Waals surface area contributed by atoms with Crippen molar-refractivity contribution in [2.45, 2.75) is 30.9 Å². The van der Waals surface area contributed by atoms with Crippen LogP contribution >= 0.6 is 11.8 Å². The minimum absolute atomic E-state index is 0.0590. The Bertz CT molecular complexity index is 1550. The molecule has 0 bridgehead atoms. The lowest BCUT2D eigenvalue weighted by Gasteiger charge is -2.26. The number of nitrogens with zero attached hydrogens (tertiary/aromatic N) is 3. The van der Waals surface area contributed by atoms with Gasteiger partial charge < -0.3 is 10.0 Å². The number of fused-ring (bicyclic) bond motifs is 1. The van der Waals surface area contributed by atoms with Crippen LogP contribution in [0, 0.1) is 0 Å². The Kier molecular flexibility index (Phi) is 7.38. The van der Waals surface area contributed by atoms with Crippen molar-refractivity contribution in [2.75, 3.05) is 16.5 Å². The molecule has 0 spiro atoms. The number of para-hydroxylation sites is 1. The lowest BCUT2D eigenvalue weighted by Crippen LogP contribution is -2.22. The fraction of sp³-hybridized carbons (Fsp3) is 0.182. The fourth-order valence-electron chi connectivity index (χ4n) is 5.34. The van der Waals surface area contributed by atoms with Crippen LogP contribution in [0.3, 0.4) is 0 Å². The van der Waals surface area contributed by atoms with Crippen LogP contribution in [0.15, 0.2) is 107 Å². The number of benzene rings is 3. The Balaban J connectivity index is 1.22. The van der Waals surface area contributed by atoms with Gasteiger partial charge in [-0.3, -0.25) is 4.79 Å². The van der Waals surface area contributed by atoms with Gasteiger partial charge in [-0.25, -0.2) is 4.79 Å². The van der Waals surface area contributed by atoms with Crippen LogP contribution in [-0.4, -0.2) is 29.2 Å². The highest BCUT2D eigenvalue weighted by atomic mass is 32.2. The molecule has 0 fully saturated rings. The van der Waals surface area contributed by atoms with Gasteiger partial charge >= 0.3 is 5.97 Å². The van der Waals surface area contributed by atoms with Crippen LogP contribution in [0.25, 0.3) is 6.08 Å². The van der Waals surface area contributed by atoms with Crippen molar-refractivity contribution >= 4 is 52.5 Å². The second-order valence-corrected chi connectivity index (χ2v) is 11.1. The molecule has 7 heteroatoms. The molecular weight excluding hydrogens is 518 g/mol. The van der Waals surface area contributed by atoms with Gasteiger partial charge in [-0.05, 0) is 90.3 Å². The quantitative estimate of drug-likeness (QED) is 0.328. The zero-order chi connectivity index (χ0) is 27.5. The number of hydrogen-bond donors (Lipinski definition) is 1. The molecule has 1 atom stereocenters. The van der Waals surface area contributed by atoms with E-state index in [1.165, 1.54) is 28.6 Å². The standard InChI is InChI=1S/C33H29N3O3S/c37-32-28(31(33(38)39)34-36(32)27-10-2-1-3-11-27)12-6-8-23-14-19-29-25(22-23)9-4-5-20-35(29)26-17-15-24(16-18-26)30-13-7-21-40-30/h1-3,6-8,10-12,14-19,21-22,30H,4-5,9,13,20H2,(H,38,39)/b8-6+,28-12-. The zero-order valence-electron chi connectivity index (χ0n) is 21.9. The fourth-order valence-corrected chi connectivity index (χ4v) is 6.29. The Morgan fingerprint density at radius 3 is 2.58 bits per heavy atom. The zero-order valence-corrected chi connectivity index (χ0v) is 22.8. The first-order valence-corrected chi connectivity index (χ1v) is 14.4. The summed E-state index contributed by atoms with van der Waals surface area (Å²) < 4.78 is 0. The molecule has 0 saturated carbocycles. The molecule has 6 rings (SSSR count). The Morgan fingerprint density at radius 2 is 1.82 bits per heavy atom. The highest BCUT2D eigenvalue weighted by Gasteiger charge is 2.34. The van der Waals surface area contributed by atoms with E-state index in [0.717, 1.165) is 42.8 Å². The van der Waals surface area contributed by atoms with Crippen molar-refractivity contribution in [2.24, 2.45) is 5.10 Å². The highest BCUT2D eigenvalue weighted by molar-refractivity contribution is 8.02. The first kappa shape index (κ1) is 25.9. The molecule has 3 heterocycles. The molecule has 0 saturated heterocycles. The lowest BCUT2D eigenvalue weighted by atomic mass is 10.0. The third-order valence-electron chi connectivity index (χ3n) is 7.37. The predicted molar refractivity (Wildman–Crippen MR) is 163 cm³/mol. The van der Waals surface area contributed by atoms with E-state index in [9.17, 15) is 14.7 Å². The summed E-state index contributed by atoms with van der Waals surface area (Å²) in [5.74, 6) is -1.69. The van der Waals surface area contributed by atoms with E-state index < -0.39 is 11.9 Å². The number of hydrogen-bond acceptors (Lipinski definition) is 5. The number of aliphatic carboxylic acids is 1. The minimum atomic E-state index is -1.23.